The number of thiophene rings is 1. The fraction of sp³-hybridized carbons (Fsp3) is 0.188. The fourth-order valence-electron chi connectivity index (χ4n) is 2.45. The number of nitrogens with one attached hydrogen (secondary N) is 1. The quantitative estimate of drug-likeness (QED) is 0.748. The van der Waals surface area contributed by atoms with Gasteiger partial charge >= 0.3 is 0 Å². The number of aromatic nitrogens is 1. The van der Waals surface area contributed by atoms with Crippen LogP contribution < -0.4 is 5.32 Å². The van der Waals surface area contributed by atoms with Crippen molar-refractivity contribution in [1.29, 1.82) is 0 Å². The smallest absolute Gasteiger partial charge is 0.0705 e. The van der Waals surface area contributed by atoms with E-state index < -0.39 is 0 Å². The minimum atomic E-state index is 0.290. The average Bonchev–Trinajstić information content (AvgIpc) is 2.89. The topological polar surface area (TPSA) is 24.9 Å². The summed E-state index contributed by atoms with van der Waals surface area (Å²) in [5.74, 6) is 0. The maximum atomic E-state index is 4.44. The third kappa shape index (κ3) is 2.64. The molecule has 4 heteroatoms. The van der Waals surface area contributed by atoms with Crippen molar-refractivity contribution in [2.24, 2.45) is 0 Å². The highest BCUT2D eigenvalue weighted by molar-refractivity contribution is 9.10. The van der Waals surface area contributed by atoms with Gasteiger partial charge in [0.05, 0.1) is 5.52 Å². The van der Waals surface area contributed by atoms with Crippen molar-refractivity contribution in [1.82, 2.24) is 10.3 Å². The lowest BCUT2D eigenvalue weighted by molar-refractivity contribution is 0.599. The number of pyridine rings is 1. The average molecular weight is 347 g/mol. The first-order chi connectivity index (χ1) is 9.79. The standard InChI is InChI=1S/C16H15BrN2S/c1-18-15(10-16-13(17)7-9-20-16)12-6-8-19-14-5-3-2-4-11(12)14/h2-9,15,18H,10H2,1H3. The Morgan fingerprint density at radius 3 is 2.85 bits per heavy atom. The van der Waals surface area contributed by atoms with E-state index in [9.17, 15) is 0 Å². The zero-order chi connectivity index (χ0) is 13.9. The van der Waals surface area contributed by atoms with E-state index in [1.54, 1.807) is 11.3 Å². The number of hydrogen-bond donors (Lipinski definition) is 1. The second-order valence-corrected chi connectivity index (χ2v) is 6.51. The van der Waals surface area contributed by atoms with Crippen molar-refractivity contribution >= 4 is 38.2 Å². The molecule has 2 nitrogen and oxygen atoms in total. The molecule has 102 valence electrons. The Labute approximate surface area is 131 Å². The van der Waals surface area contributed by atoms with Gasteiger partial charge in [0, 0.05) is 33.4 Å². The Kier molecular flexibility index (Phi) is 4.15. The third-order valence-electron chi connectivity index (χ3n) is 3.49. The van der Waals surface area contributed by atoms with Gasteiger partial charge in [-0.25, -0.2) is 0 Å². The number of halogens is 1. The van der Waals surface area contributed by atoms with Crippen molar-refractivity contribution in [2.45, 2.75) is 12.5 Å². The molecule has 0 saturated heterocycles. The molecule has 1 N–H and O–H groups in total. The molecule has 2 heterocycles. The molecule has 0 saturated carbocycles. The number of rotatable bonds is 4. The summed E-state index contributed by atoms with van der Waals surface area (Å²) >= 11 is 5.41. The second-order valence-electron chi connectivity index (χ2n) is 4.65. The third-order valence-corrected chi connectivity index (χ3v) is 5.44. The summed E-state index contributed by atoms with van der Waals surface area (Å²) in [6, 6.07) is 12.8. The van der Waals surface area contributed by atoms with Gasteiger partial charge in [0.2, 0.25) is 0 Å². The SMILES string of the molecule is CNC(Cc1sccc1Br)c1ccnc2ccccc12. The van der Waals surface area contributed by atoms with E-state index in [0.29, 0.717) is 0 Å². The zero-order valence-corrected chi connectivity index (χ0v) is 13.5. The van der Waals surface area contributed by atoms with Gasteiger partial charge in [0.15, 0.2) is 0 Å². The molecule has 0 fully saturated rings. The number of hydrogen-bond acceptors (Lipinski definition) is 3. The molecule has 20 heavy (non-hydrogen) atoms. The number of para-hydroxylation sites is 1. The molecule has 0 aliphatic carbocycles. The number of benzene rings is 1. The second kappa shape index (κ2) is 6.04. The van der Waals surface area contributed by atoms with E-state index in [1.807, 2.05) is 19.3 Å². The van der Waals surface area contributed by atoms with Crippen LogP contribution in [0, 0.1) is 0 Å². The van der Waals surface area contributed by atoms with Crippen molar-refractivity contribution in [3.05, 3.63) is 62.9 Å². The summed E-state index contributed by atoms with van der Waals surface area (Å²) in [5.41, 5.74) is 2.36. The molecule has 3 aromatic rings. The van der Waals surface area contributed by atoms with Crippen molar-refractivity contribution in [2.75, 3.05) is 7.05 Å². The van der Waals surface area contributed by atoms with Gasteiger partial charge < -0.3 is 5.32 Å². The molecular weight excluding hydrogens is 332 g/mol. The Morgan fingerprint density at radius 2 is 2.10 bits per heavy atom. The molecular formula is C16H15BrN2S. The van der Waals surface area contributed by atoms with Crippen LogP contribution in [0.5, 0.6) is 0 Å². The monoisotopic (exact) mass is 346 g/mol. The van der Waals surface area contributed by atoms with Crippen LogP contribution in [-0.2, 0) is 6.42 Å². The van der Waals surface area contributed by atoms with Crippen molar-refractivity contribution < 1.29 is 0 Å². The molecule has 0 aliphatic heterocycles. The lowest BCUT2D eigenvalue weighted by atomic mass is 9.99. The summed E-state index contributed by atoms with van der Waals surface area (Å²) in [7, 11) is 2.02. The van der Waals surface area contributed by atoms with Crippen LogP contribution in [0.15, 0.2) is 52.4 Å². The predicted octanol–water partition coefficient (Wildman–Crippen LogP) is 4.56. The minimum Gasteiger partial charge on any atom is -0.313 e. The molecule has 2 aromatic heterocycles. The molecule has 0 spiro atoms. The summed E-state index contributed by atoms with van der Waals surface area (Å²) in [5, 5.41) is 6.78. The van der Waals surface area contributed by atoms with Crippen LogP contribution in [0.1, 0.15) is 16.5 Å². The van der Waals surface area contributed by atoms with Crippen LogP contribution in [0.4, 0.5) is 0 Å². The molecule has 3 rings (SSSR count). The molecule has 0 radical (unpaired) electrons. The zero-order valence-electron chi connectivity index (χ0n) is 11.1. The van der Waals surface area contributed by atoms with E-state index in [4.69, 9.17) is 0 Å². The van der Waals surface area contributed by atoms with Gasteiger partial charge in [-0.3, -0.25) is 4.98 Å². The molecule has 1 unspecified atom stereocenters. The predicted molar refractivity (Wildman–Crippen MR) is 89.3 cm³/mol. The summed E-state index contributed by atoms with van der Waals surface area (Å²) in [4.78, 5) is 5.80. The number of likely N-dealkylation sites (N-methyl/N-ethyl adjacent to an activating group) is 1. The molecule has 1 atom stereocenters. The van der Waals surface area contributed by atoms with E-state index in [2.05, 4.69) is 61.9 Å². The normalized spacial score (nSPS) is 12.7. The summed E-state index contributed by atoms with van der Waals surface area (Å²) < 4.78 is 1.20. The summed E-state index contributed by atoms with van der Waals surface area (Å²) in [6.45, 7) is 0. The highest BCUT2D eigenvalue weighted by atomic mass is 79.9. The van der Waals surface area contributed by atoms with Gasteiger partial charge in [-0.2, -0.15) is 0 Å². The van der Waals surface area contributed by atoms with Crippen LogP contribution in [0.3, 0.4) is 0 Å². The van der Waals surface area contributed by atoms with Crippen LogP contribution in [0.25, 0.3) is 10.9 Å². The van der Waals surface area contributed by atoms with E-state index >= 15 is 0 Å². The van der Waals surface area contributed by atoms with Crippen molar-refractivity contribution in [3.8, 4) is 0 Å². The fourth-order valence-corrected chi connectivity index (χ4v) is 4.01. The lowest BCUT2D eigenvalue weighted by Crippen LogP contribution is -2.19. The first-order valence-electron chi connectivity index (χ1n) is 6.52. The van der Waals surface area contributed by atoms with E-state index in [-0.39, 0.29) is 6.04 Å². The van der Waals surface area contributed by atoms with E-state index in [1.165, 1.54) is 20.3 Å². The first kappa shape index (κ1) is 13.7. The van der Waals surface area contributed by atoms with Crippen LogP contribution >= 0.6 is 27.3 Å². The van der Waals surface area contributed by atoms with Gasteiger partial charge in [-0.05, 0) is 52.1 Å². The Hall–Kier alpha value is -1.23. The van der Waals surface area contributed by atoms with Gasteiger partial charge in [-0.15, -0.1) is 11.3 Å². The molecule has 0 aliphatic rings. The maximum absolute atomic E-state index is 4.44. The Balaban J connectivity index is 2.01. The van der Waals surface area contributed by atoms with Gasteiger partial charge in [0.25, 0.3) is 0 Å². The van der Waals surface area contributed by atoms with Crippen LogP contribution in [0.2, 0.25) is 0 Å². The van der Waals surface area contributed by atoms with Gasteiger partial charge in [-0.1, -0.05) is 18.2 Å². The molecule has 0 bridgehead atoms. The lowest BCUT2D eigenvalue weighted by Gasteiger charge is -2.18. The molecule has 1 aromatic carbocycles. The summed E-state index contributed by atoms with van der Waals surface area (Å²) in [6.07, 6.45) is 2.87. The first-order valence-corrected chi connectivity index (χ1v) is 8.19. The largest absolute Gasteiger partial charge is 0.313 e. The number of fused-ring (bicyclic) bond motifs is 1. The highest BCUT2D eigenvalue weighted by Gasteiger charge is 2.15. The van der Waals surface area contributed by atoms with Crippen molar-refractivity contribution in [3.63, 3.8) is 0 Å². The minimum absolute atomic E-state index is 0.290. The maximum Gasteiger partial charge on any atom is 0.0705 e. The number of nitrogens with zero attached hydrogens (tertiary/aromatic N) is 1. The van der Waals surface area contributed by atoms with E-state index in [0.717, 1.165) is 11.9 Å². The van der Waals surface area contributed by atoms with Gasteiger partial charge in [0.1, 0.15) is 0 Å². The molecule has 0 amide bonds. The Bertz CT molecular complexity index is 718. The Morgan fingerprint density at radius 1 is 1.25 bits per heavy atom. The van der Waals surface area contributed by atoms with Crippen LogP contribution in [-0.4, -0.2) is 12.0 Å². The highest BCUT2D eigenvalue weighted by Crippen LogP contribution is 2.30.